The molecule has 2 aliphatic heterocycles. The third-order valence-electron chi connectivity index (χ3n) is 10.7. The largest absolute Gasteiger partial charge is 0.462 e. The predicted octanol–water partition coefficient (Wildman–Crippen LogP) is 5.85. The summed E-state index contributed by atoms with van der Waals surface area (Å²) in [7, 11) is 0. The molecule has 1 saturated heterocycles. The fraction of sp³-hybridized carbons (Fsp3) is 0.190. The number of para-hydroxylation sites is 1. The summed E-state index contributed by atoms with van der Waals surface area (Å²) in [5.74, 6) is -5.29. The highest BCUT2D eigenvalue weighted by Gasteiger charge is 2.48. The average molecular weight is 704 g/mol. The summed E-state index contributed by atoms with van der Waals surface area (Å²) < 4.78 is 5.45. The van der Waals surface area contributed by atoms with E-state index < -0.39 is 47.1 Å². The second-order valence-corrected chi connectivity index (χ2v) is 13.6. The highest BCUT2D eigenvalue weighted by molar-refractivity contribution is 6.30. The molecule has 11 heteroatoms. The van der Waals surface area contributed by atoms with E-state index in [1.807, 2.05) is 24.3 Å². The molecule has 3 unspecified atom stereocenters. The molecule has 0 spiro atoms. The maximum absolute atomic E-state index is 13.8. The second kappa shape index (κ2) is 12.3. The number of anilines is 1. The number of allylic oxidation sites excluding steroid dienone is 2. The molecule has 3 heterocycles. The van der Waals surface area contributed by atoms with Gasteiger partial charge in [0, 0.05) is 39.6 Å². The van der Waals surface area contributed by atoms with Gasteiger partial charge in [0.05, 0.1) is 40.9 Å². The fourth-order valence-electron chi connectivity index (χ4n) is 8.07. The lowest BCUT2D eigenvalue weighted by molar-refractivity contribution is -0.122. The van der Waals surface area contributed by atoms with Crippen molar-refractivity contribution in [3.8, 4) is 0 Å². The lowest BCUT2D eigenvalue weighted by Crippen LogP contribution is -2.41. The SMILES string of the molecule is O=C(OCCCN1C(=O)c2cccc3cccc(c23)C1=O)c1ccc2c(c1)C(=O)C(c1ccc3cccc(N4C(=O)C5CC=CCC5C4=O)c3n1)C2=O. The quantitative estimate of drug-likeness (QED) is 0.0669. The number of Topliss-reactive ketones (excluding diaryl/α,β-unsaturated/α-hetero) is 2. The Morgan fingerprint density at radius 3 is 2.04 bits per heavy atom. The number of pyridine rings is 1. The average Bonchev–Trinajstić information content (AvgIpc) is 3.59. The van der Waals surface area contributed by atoms with Crippen LogP contribution >= 0.6 is 0 Å². The summed E-state index contributed by atoms with van der Waals surface area (Å²) in [4.78, 5) is 101. The highest BCUT2D eigenvalue weighted by Crippen LogP contribution is 2.41. The summed E-state index contributed by atoms with van der Waals surface area (Å²) >= 11 is 0. The van der Waals surface area contributed by atoms with E-state index in [0.717, 1.165) is 10.3 Å². The van der Waals surface area contributed by atoms with E-state index in [4.69, 9.17) is 9.72 Å². The highest BCUT2D eigenvalue weighted by atomic mass is 16.5. The molecule has 2 aliphatic carbocycles. The molecule has 4 aromatic carbocycles. The van der Waals surface area contributed by atoms with E-state index in [0.29, 0.717) is 45.9 Å². The van der Waals surface area contributed by atoms with Gasteiger partial charge in [-0.15, -0.1) is 0 Å². The molecule has 1 aromatic heterocycles. The minimum atomic E-state index is -1.28. The molecule has 9 rings (SSSR count). The Hall–Kier alpha value is -6.62. The molecular formula is C42H29N3O8. The van der Waals surface area contributed by atoms with E-state index >= 15 is 0 Å². The minimum absolute atomic E-state index is 0.0352. The van der Waals surface area contributed by atoms with Crippen molar-refractivity contribution < 1.29 is 38.3 Å². The van der Waals surface area contributed by atoms with Gasteiger partial charge < -0.3 is 4.74 Å². The van der Waals surface area contributed by atoms with Crippen molar-refractivity contribution in [2.75, 3.05) is 18.1 Å². The molecule has 11 nitrogen and oxygen atoms in total. The number of hydrogen-bond acceptors (Lipinski definition) is 9. The van der Waals surface area contributed by atoms with Crippen LogP contribution in [0.1, 0.15) is 82.7 Å². The summed E-state index contributed by atoms with van der Waals surface area (Å²) in [6.07, 6.45) is 4.99. The minimum Gasteiger partial charge on any atom is -0.462 e. The first-order valence-corrected chi connectivity index (χ1v) is 17.4. The summed E-state index contributed by atoms with van der Waals surface area (Å²) in [6.45, 7) is -0.0643. The lowest BCUT2D eigenvalue weighted by Gasteiger charge is -2.27. The van der Waals surface area contributed by atoms with Gasteiger partial charge in [0.25, 0.3) is 11.8 Å². The van der Waals surface area contributed by atoms with Gasteiger partial charge in [-0.1, -0.05) is 54.6 Å². The first-order chi connectivity index (χ1) is 25.7. The van der Waals surface area contributed by atoms with E-state index in [-0.39, 0.29) is 53.8 Å². The molecule has 53 heavy (non-hydrogen) atoms. The molecule has 260 valence electrons. The van der Waals surface area contributed by atoms with Crippen LogP contribution in [0.25, 0.3) is 21.7 Å². The van der Waals surface area contributed by atoms with Crippen LogP contribution in [-0.4, -0.2) is 64.2 Å². The topological polar surface area (TPSA) is 148 Å². The Balaban J connectivity index is 0.902. The van der Waals surface area contributed by atoms with E-state index in [1.54, 1.807) is 54.6 Å². The number of esters is 1. The number of ether oxygens (including phenoxy) is 1. The second-order valence-electron chi connectivity index (χ2n) is 13.6. The van der Waals surface area contributed by atoms with Crippen molar-refractivity contribution >= 4 is 68.5 Å². The lowest BCUT2D eigenvalue weighted by atomic mass is 9.85. The predicted molar refractivity (Wildman–Crippen MR) is 192 cm³/mol. The number of ketones is 2. The standard InChI is InChI=1S/C42H29N3O8/c46-36-25-17-15-24(42(52)53-20-6-19-44-38(48)28-12-3-7-22-8-4-13-29(33(22)28)39(44)49)21-30(25)37(47)34(36)31-18-16-23-9-5-14-32(35(23)43-31)45-40(50)26-10-1-2-11-27(26)41(45)51/h1-5,7-9,12-18,21,26-27,34H,6,10-11,19-20H2. The maximum atomic E-state index is 13.8. The number of benzene rings is 4. The van der Waals surface area contributed by atoms with Crippen molar-refractivity contribution in [1.29, 1.82) is 0 Å². The van der Waals surface area contributed by atoms with E-state index in [2.05, 4.69) is 0 Å². The zero-order valence-electron chi connectivity index (χ0n) is 28.1. The van der Waals surface area contributed by atoms with Crippen LogP contribution in [0.2, 0.25) is 0 Å². The zero-order valence-corrected chi connectivity index (χ0v) is 28.1. The number of fused-ring (bicyclic) bond motifs is 3. The molecule has 3 atom stereocenters. The van der Waals surface area contributed by atoms with E-state index in [1.165, 1.54) is 23.1 Å². The first kappa shape index (κ1) is 32.3. The van der Waals surface area contributed by atoms with Crippen LogP contribution in [0.3, 0.4) is 0 Å². The van der Waals surface area contributed by atoms with Crippen molar-refractivity contribution in [2.45, 2.75) is 25.2 Å². The number of carbonyl (C=O) groups excluding carboxylic acids is 7. The molecule has 1 fully saturated rings. The van der Waals surface area contributed by atoms with Crippen LogP contribution in [0.5, 0.6) is 0 Å². The molecule has 0 radical (unpaired) electrons. The Morgan fingerprint density at radius 2 is 1.34 bits per heavy atom. The van der Waals surface area contributed by atoms with E-state index in [9.17, 15) is 33.6 Å². The number of amides is 4. The third kappa shape index (κ3) is 4.95. The summed E-state index contributed by atoms with van der Waals surface area (Å²) in [6, 6.07) is 23.2. The van der Waals surface area contributed by atoms with Crippen LogP contribution in [-0.2, 0) is 14.3 Å². The van der Waals surface area contributed by atoms with Gasteiger partial charge in [-0.25, -0.2) is 14.7 Å². The Kier molecular flexibility index (Phi) is 7.47. The van der Waals surface area contributed by atoms with Crippen LogP contribution in [0, 0.1) is 11.8 Å². The van der Waals surface area contributed by atoms with Gasteiger partial charge in [-0.3, -0.25) is 33.7 Å². The number of aromatic nitrogens is 1. The van der Waals surface area contributed by atoms with Crippen molar-refractivity contribution in [1.82, 2.24) is 9.88 Å². The van der Waals surface area contributed by atoms with Gasteiger partial charge in [0.15, 0.2) is 11.6 Å². The molecule has 4 aliphatic rings. The maximum Gasteiger partial charge on any atom is 0.338 e. The van der Waals surface area contributed by atoms with Crippen LogP contribution in [0.15, 0.2) is 97.1 Å². The van der Waals surface area contributed by atoms with Crippen LogP contribution < -0.4 is 4.90 Å². The normalized spacial score (nSPS) is 20.5. The van der Waals surface area contributed by atoms with Gasteiger partial charge in [-0.05, 0) is 67.1 Å². The Bertz CT molecular complexity index is 2480. The zero-order chi connectivity index (χ0) is 36.5. The fourth-order valence-corrected chi connectivity index (χ4v) is 8.07. The Morgan fingerprint density at radius 1 is 0.698 bits per heavy atom. The number of nitrogens with zero attached hydrogens (tertiary/aromatic N) is 3. The van der Waals surface area contributed by atoms with Crippen molar-refractivity contribution in [3.05, 3.63) is 131 Å². The van der Waals surface area contributed by atoms with Crippen molar-refractivity contribution in [2.24, 2.45) is 11.8 Å². The Labute approximate surface area is 301 Å². The summed E-state index contributed by atoms with van der Waals surface area (Å²) in [5.41, 5.74) is 1.95. The van der Waals surface area contributed by atoms with Gasteiger partial charge >= 0.3 is 5.97 Å². The monoisotopic (exact) mass is 703 g/mol. The number of carbonyl (C=O) groups is 7. The smallest absolute Gasteiger partial charge is 0.338 e. The number of imide groups is 2. The van der Waals surface area contributed by atoms with Gasteiger partial charge in [0.2, 0.25) is 11.8 Å². The molecule has 0 bridgehead atoms. The third-order valence-corrected chi connectivity index (χ3v) is 10.7. The molecule has 0 N–H and O–H groups in total. The van der Waals surface area contributed by atoms with Crippen molar-refractivity contribution in [3.63, 3.8) is 0 Å². The number of rotatable bonds is 7. The van der Waals surface area contributed by atoms with Gasteiger partial charge in [0.1, 0.15) is 5.92 Å². The molecule has 5 aromatic rings. The first-order valence-electron chi connectivity index (χ1n) is 17.4. The molecule has 0 saturated carbocycles. The van der Waals surface area contributed by atoms with Crippen LogP contribution in [0.4, 0.5) is 5.69 Å². The molecular weight excluding hydrogens is 674 g/mol. The van der Waals surface area contributed by atoms with Gasteiger partial charge in [-0.2, -0.15) is 0 Å². The number of hydrogen-bond donors (Lipinski definition) is 0. The summed E-state index contributed by atoms with van der Waals surface area (Å²) in [5, 5.41) is 2.07. The molecule has 4 amide bonds.